The van der Waals surface area contributed by atoms with Crippen molar-refractivity contribution in [3.05, 3.63) is 64.2 Å². The molecule has 1 atom stereocenters. The normalized spacial score (nSPS) is 12.1. The quantitative estimate of drug-likeness (QED) is 0.398. The van der Waals surface area contributed by atoms with E-state index in [1.807, 2.05) is 0 Å². The molecule has 11 heteroatoms. The zero-order valence-electron chi connectivity index (χ0n) is 14.7. The summed E-state index contributed by atoms with van der Waals surface area (Å²) in [5, 5.41) is 18.4. The lowest BCUT2D eigenvalue weighted by Crippen LogP contribution is -2.30. The number of nitrogens with two attached hydrogens (primary N) is 1. The third-order valence-electron chi connectivity index (χ3n) is 3.65. The number of hydrogen-bond donors (Lipinski definition) is 2. The molecule has 0 bridgehead atoms. The second-order valence-corrected chi connectivity index (χ2v) is 7.31. The molecule has 0 spiro atoms. The van der Waals surface area contributed by atoms with E-state index in [-0.39, 0.29) is 28.3 Å². The SMILES string of the molecule is CC(OC(=O)Cc1ccccc1[N+](=O)[O-])C(=O)Nc1ccc(S(N)(=O)=O)cc1. The van der Waals surface area contributed by atoms with Crippen molar-refractivity contribution >= 4 is 33.3 Å². The number of carbonyl (C=O) groups is 2. The Morgan fingerprint density at radius 1 is 1.18 bits per heavy atom. The van der Waals surface area contributed by atoms with E-state index in [0.717, 1.165) is 0 Å². The summed E-state index contributed by atoms with van der Waals surface area (Å²) in [5.41, 5.74) is 0.231. The van der Waals surface area contributed by atoms with Gasteiger partial charge in [0.2, 0.25) is 10.0 Å². The molecule has 28 heavy (non-hydrogen) atoms. The number of hydrogen-bond acceptors (Lipinski definition) is 7. The van der Waals surface area contributed by atoms with Crippen molar-refractivity contribution in [3.63, 3.8) is 0 Å². The lowest BCUT2D eigenvalue weighted by Gasteiger charge is -2.14. The Morgan fingerprint density at radius 3 is 2.36 bits per heavy atom. The summed E-state index contributed by atoms with van der Waals surface area (Å²) in [6.45, 7) is 1.34. The molecule has 0 aliphatic rings. The van der Waals surface area contributed by atoms with Gasteiger partial charge >= 0.3 is 5.97 Å². The largest absolute Gasteiger partial charge is 0.452 e. The summed E-state index contributed by atoms with van der Waals surface area (Å²) in [4.78, 5) is 34.4. The highest BCUT2D eigenvalue weighted by Crippen LogP contribution is 2.19. The predicted octanol–water partition coefficient (Wildman–Crippen LogP) is 1.36. The van der Waals surface area contributed by atoms with Gasteiger partial charge in [-0.3, -0.25) is 19.7 Å². The van der Waals surface area contributed by atoms with Gasteiger partial charge in [0.15, 0.2) is 6.10 Å². The highest BCUT2D eigenvalue weighted by molar-refractivity contribution is 7.89. The van der Waals surface area contributed by atoms with Crippen LogP contribution in [0.5, 0.6) is 0 Å². The minimum Gasteiger partial charge on any atom is -0.452 e. The van der Waals surface area contributed by atoms with E-state index < -0.39 is 32.9 Å². The van der Waals surface area contributed by atoms with Gasteiger partial charge < -0.3 is 10.1 Å². The van der Waals surface area contributed by atoms with Gasteiger partial charge in [-0.05, 0) is 31.2 Å². The number of sulfonamides is 1. The monoisotopic (exact) mass is 407 g/mol. The smallest absolute Gasteiger partial charge is 0.311 e. The van der Waals surface area contributed by atoms with Crippen LogP contribution in [0.4, 0.5) is 11.4 Å². The predicted molar refractivity (Wildman–Crippen MR) is 98.8 cm³/mol. The van der Waals surface area contributed by atoms with Crippen LogP contribution in [0.3, 0.4) is 0 Å². The van der Waals surface area contributed by atoms with Crippen LogP contribution in [0.25, 0.3) is 0 Å². The molecule has 0 saturated carbocycles. The molecule has 1 amide bonds. The maximum absolute atomic E-state index is 12.1. The van der Waals surface area contributed by atoms with Crippen LogP contribution >= 0.6 is 0 Å². The number of primary sulfonamides is 1. The molecular formula is C17H17N3O7S. The highest BCUT2D eigenvalue weighted by atomic mass is 32.2. The number of rotatable bonds is 7. The van der Waals surface area contributed by atoms with Crippen molar-refractivity contribution in [2.24, 2.45) is 5.14 Å². The van der Waals surface area contributed by atoms with E-state index in [0.29, 0.717) is 0 Å². The molecule has 2 aromatic rings. The Morgan fingerprint density at radius 2 is 1.79 bits per heavy atom. The molecule has 0 saturated heterocycles. The summed E-state index contributed by atoms with van der Waals surface area (Å²) in [6, 6.07) is 10.8. The first-order chi connectivity index (χ1) is 13.1. The number of nitro groups is 1. The first kappa shape index (κ1) is 21.0. The van der Waals surface area contributed by atoms with Gasteiger partial charge in [-0.2, -0.15) is 0 Å². The average molecular weight is 407 g/mol. The molecule has 0 aliphatic heterocycles. The number of anilines is 1. The van der Waals surface area contributed by atoms with E-state index in [9.17, 15) is 28.1 Å². The highest BCUT2D eigenvalue weighted by Gasteiger charge is 2.21. The maximum atomic E-state index is 12.1. The second kappa shape index (κ2) is 8.59. The first-order valence-corrected chi connectivity index (χ1v) is 9.48. The molecule has 0 heterocycles. The van der Waals surface area contributed by atoms with Crippen LogP contribution < -0.4 is 10.5 Å². The first-order valence-electron chi connectivity index (χ1n) is 7.93. The Bertz CT molecular complexity index is 1000. The van der Waals surface area contributed by atoms with E-state index >= 15 is 0 Å². The van der Waals surface area contributed by atoms with Gasteiger partial charge in [-0.15, -0.1) is 0 Å². The van der Waals surface area contributed by atoms with Crippen molar-refractivity contribution in [1.82, 2.24) is 0 Å². The Kier molecular flexibility index (Phi) is 6.44. The van der Waals surface area contributed by atoms with Gasteiger partial charge in [0.25, 0.3) is 11.6 Å². The van der Waals surface area contributed by atoms with Crippen molar-refractivity contribution in [1.29, 1.82) is 0 Å². The molecule has 2 aromatic carbocycles. The molecule has 10 nitrogen and oxygen atoms in total. The second-order valence-electron chi connectivity index (χ2n) is 5.75. The van der Waals surface area contributed by atoms with Gasteiger partial charge in [0, 0.05) is 17.3 Å². The zero-order valence-corrected chi connectivity index (χ0v) is 15.5. The molecule has 0 aromatic heterocycles. The van der Waals surface area contributed by atoms with Crippen LogP contribution in [0, 0.1) is 10.1 Å². The van der Waals surface area contributed by atoms with E-state index in [1.54, 1.807) is 6.07 Å². The molecular weight excluding hydrogens is 390 g/mol. The minimum absolute atomic E-state index is 0.116. The minimum atomic E-state index is -3.85. The lowest BCUT2D eigenvalue weighted by atomic mass is 10.1. The summed E-state index contributed by atoms with van der Waals surface area (Å²) >= 11 is 0. The summed E-state index contributed by atoms with van der Waals surface area (Å²) in [6.07, 6.45) is -1.54. The lowest BCUT2D eigenvalue weighted by molar-refractivity contribution is -0.385. The molecule has 148 valence electrons. The summed E-state index contributed by atoms with van der Waals surface area (Å²) in [7, 11) is -3.85. The number of esters is 1. The van der Waals surface area contributed by atoms with Gasteiger partial charge in [-0.25, -0.2) is 13.6 Å². The zero-order chi connectivity index (χ0) is 20.9. The van der Waals surface area contributed by atoms with Crippen LogP contribution in [0.15, 0.2) is 53.4 Å². The van der Waals surface area contributed by atoms with Crippen LogP contribution in [0.1, 0.15) is 12.5 Å². The summed E-state index contributed by atoms with van der Waals surface area (Å²) in [5.74, 6) is -1.46. The number of carbonyl (C=O) groups excluding carboxylic acids is 2. The van der Waals surface area contributed by atoms with E-state index in [2.05, 4.69) is 5.32 Å². The Hall–Kier alpha value is -3.31. The standard InChI is InChI=1S/C17H17N3O7S/c1-11(17(22)19-13-6-8-14(9-7-13)28(18,25)26)27-16(21)10-12-4-2-3-5-15(12)20(23)24/h2-9,11H,10H2,1H3,(H,19,22)(H2,18,25,26). The summed E-state index contributed by atoms with van der Waals surface area (Å²) < 4.78 is 27.4. The fraction of sp³-hybridized carbons (Fsp3) is 0.176. The third kappa shape index (κ3) is 5.59. The van der Waals surface area contributed by atoms with Crippen molar-refractivity contribution in [2.75, 3.05) is 5.32 Å². The fourth-order valence-corrected chi connectivity index (χ4v) is 2.77. The number of para-hydroxylation sites is 1. The number of ether oxygens (including phenoxy) is 1. The third-order valence-corrected chi connectivity index (χ3v) is 4.58. The van der Waals surface area contributed by atoms with Crippen LogP contribution in [-0.2, 0) is 30.8 Å². The maximum Gasteiger partial charge on any atom is 0.311 e. The number of amides is 1. The Balaban J connectivity index is 1.97. The molecule has 3 N–H and O–H groups in total. The number of nitrogens with one attached hydrogen (secondary N) is 1. The van der Waals surface area contributed by atoms with Crippen molar-refractivity contribution in [2.45, 2.75) is 24.3 Å². The van der Waals surface area contributed by atoms with Gasteiger partial charge in [-0.1, -0.05) is 18.2 Å². The van der Waals surface area contributed by atoms with Gasteiger partial charge in [0.1, 0.15) is 0 Å². The topological polar surface area (TPSA) is 159 Å². The van der Waals surface area contributed by atoms with Crippen molar-refractivity contribution in [3.8, 4) is 0 Å². The number of nitrogens with zero attached hydrogens (tertiary/aromatic N) is 1. The number of benzene rings is 2. The van der Waals surface area contributed by atoms with E-state index in [4.69, 9.17) is 9.88 Å². The van der Waals surface area contributed by atoms with Gasteiger partial charge in [0.05, 0.1) is 16.2 Å². The number of nitro benzene ring substituents is 1. The van der Waals surface area contributed by atoms with E-state index in [1.165, 1.54) is 49.4 Å². The molecule has 0 radical (unpaired) electrons. The van der Waals surface area contributed by atoms with Crippen LogP contribution in [0.2, 0.25) is 0 Å². The van der Waals surface area contributed by atoms with Crippen molar-refractivity contribution < 1.29 is 27.7 Å². The van der Waals surface area contributed by atoms with Crippen LogP contribution in [-0.4, -0.2) is 31.3 Å². The molecule has 0 fully saturated rings. The molecule has 0 aliphatic carbocycles. The Labute approximate surface area is 160 Å². The fourth-order valence-electron chi connectivity index (χ4n) is 2.26. The molecule has 2 rings (SSSR count). The molecule has 1 unspecified atom stereocenters. The average Bonchev–Trinajstić information content (AvgIpc) is 2.61.